The molecule has 0 bridgehead atoms. The van der Waals surface area contributed by atoms with Crippen LogP contribution < -0.4 is 5.32 Å². The summed E-state index contributed by atoms with van der Waals surface area (Å²) in [5, 5.41) is 3.61. The van der Waals surface area contributed by atoms with E-state index in [1.54, 1.807) is 0 Å². The van der Waals surface area contributed by atoms with Gasteiger partial charge in [-0.05, 0) is 45.1 Å². The molecule has 0 amide bonds. The summed E-state index contributed by atoms with van der Waals surface area (Å²) < 4.78 is 0. The molecule has 2 nitrogen and oxygen atoms in total. The molecule has 2 fully saturated rings. The van der Waals surface area contributed by atoms with Crippen LogP contribution in [0.3, 0.4) is 0 Å². The minimum Gasteiger partial charge on any atom is -0.314 e. The van der Waals surface area contributed by atoms with Crippen molar-refractivity contribution in [2.75, 3.05) is 13.1 Å². The van der Waals surface area contributed by atoms with Crippen molar-refractivity contribution in [1.29, 1.82) is 0 Å². The molecule has 16 heavy (non-hydrogen) atoms. The van der Waals surface area contributed by atoms with E-state index in [-0.39, 0.29) is 0 Å². The van der Waals surface area contributed by atoms with Crippen molar-refractivity contribution < 1.29 is 0 Å². The van der Waals surface area contributed by atoms with Crippen LogP contribution in [0.25, 0.3) is 0 Å². The lowest BCUT2D eigenvalue weighted by atomic mass is 9.93. The lowest BCUT2D eigenvalue weighted by molar-refractivity contribution is 0.0722. The Kier molecular flexibility index (Phi) is 4.26. The standard InChI is InChI=1S/C14H28N2/c1-4-15-13-8-9-16(12(3)10-13)14-7-5-6-11(14)2/h11-15H,4-10H2,1-3H3. The monoisotopic (exact) mass is 224 g/mol. The van der Waals surface area contributed by atoms with Gasteiger partial charge < -0.3 is 5.32 Å². The number of hydrogen-bond acceptors (Lipinski definition) is 2. The first-order chi connectivity index (χ1) is 7.72. The van der Waals surface area contributed by atoms with E-state index in [4.69, 9.17) is 0 Å². The molecule has 0 radical (unpaired) electrons. The van der Waals surface area contributed by atoms with Crippen LogP contribution in [-0.4, -0.2) is 36.1 Å². The molecule has 0 aromatic heterocycles. The molecule has 2 rings (SSSR count). The molecule has 0 aromatic rings. The maximum absolute atomic E-state index is 3.61. The van der Waals surface area contributed by atoms with E-state index in [0.29, 0.717) is 0 Å². The first-order valence-electron chi connectivity index (χ1n) is 7.21. The second-order valence-corrected chi connectivity index (χ2v) is 5.84. The van der Waals surface area contributed by atoms with Gasteiger partial charge in [-0.15, -0.1) is 0 Å². The van der Waals surface area contributed by atoms with Gasteiger partial charge in [0.2, 0.25) is 0 Å². The summed E-state index contributed by atoms with van der Waals surface area (Å²) in [6.07, 6.45) is 7.03. The molecule has 2 heteroatoms. The number of piperidine rings is 1. The second-order valence-electron chi connectivity index (χ2n) is 5.84. The number of nitrogens with one attached hydrogen (secondary N) is 1. The number of likely N-dealkylation sites (tertiary alicyclic amines) is 1. The van der Waals surface area contributed by atoms with Crippen molar-refractivity contribution >= 4 is 0 Å². The van der Waals surface area contributed by atoms with Crippen molar-refractivity contribution in [3.05, 3.63) is 0 Å². The van der Waals surface area contributed by atoms with Gasteiger partial charge >= 0.3 is 0 Å². The predicted octanol–water partition coefficient (Wildman–Crippen LogP) is 2.64. The van der Waals surface area contributed by atoms with Crippen LogP contribution in [0.5, 0.6) is 0 Å². The van der Waals surface area contributed by atoms with E-state index in [2.05, 4.69) is 31.0 Å². The largest absolute Gasteiger partial charge is 0.314 e. The van der Waals surface area contributed by atoms with Gasteiger partial charge in [-0.1, -0.05) is 20.3 Å². The highest BCUT2D eigenvalue weighted by Gasteiger charge is 2.34. The van der Waals surface area contributed by atoms with Crippen LogP contribution >= 0.6 is 0 Å². The SMILES string of the molecule is CCNC1CCN(C2CCCC2C)C(C)C1. The first kappa shape index (κ1) is 12.4. The Bertz CT molecular complexity index is 217. The summed E-state index contributed by atoms with van der Waals surface area (Å²) in [7, 11) is 0. The van der Waals surface area contributed by atoms with Crippen LogP contribution in [0.4, 0.5) is 0 Å². The average Bonchev–Trinajstić information content (AvgIpc) is 2.65. The maximum Gasteiger partial charge on any atom is 0.0124 e. The Morgan fingerprint density at radius 3 is 2.56 bits per heavy atom. The molecule has 1 saturated heterocycles. The van der Waals surface area contributed by atoms with E-state index in [9.17, 15) is 0 Å². The van der Waals surface area contributed by atoms with Crippen LogP contribution in [0.2, 0.25) is 0 Å². The minimum absolute atomic E-state index is 0.771. The molecular weight excluding hydrogens is 196 g/mol. The van der Waals surface area contributed by atoms with Crippen LogP contribution in [0.15, 0.2) is 0 Å². The van der Waals surface area contributed by atoms with E-state index < -0.39 is 0 Å². The highest BCUT2D eigenvalue weighted by atomic mass is 15.2. The molecule has 1 heterocycles. The summed E-state index contributed by atoms with van der Waals surface area (Å²) in [4.78, 5) is 2.80. The third kappa shape index (κ3) is 2.60. The van der Waals surface area contributed by atoms with Gasteiger partial charge in [0.25, 0.3) is 0 Å². The molecule has 1 aliphatic carbocycles. The Balaban J connectivity index is 1.88. The summed E-state index contributed by atoms with van der Waals surface area (Å²) in [6.45, 7) is 9.52. The third-order valence-corrected chi connectivity index (χ3v) is 4.66. The number of hydrogen-bond donors (Lipinski definition) is 1. The summed E-state index contributed by atoms with van der Waals surface area (Å²) in [6, 6.07) is 2.44. The molecule has 0 spiro atoms. The fourth-order valence-corrected chi connectivity index (χ4v) is 3.78. The second kappa shape index (κ2) is 5.50. The predicted molar refractivity (Wildman–Crippen MR) is 69.7 cm³/mol. The van der Waals surface area contributed by atoms with Crippen LogP contribution in [-0.2, 0) is 0 Å². The summed E-state index contributed by atoms with van der Waals surface area (Å²) >= 11 is 0. The summed E-state index contributed by atoms with van der Waals surface area (Å²) in [5.74, 6) is 0.929. The Hall–Kier alpha value is -0.0800. The molecule has 1 saturated carbocycles. The van der Waals surface area contributed by atoms with Gasteiger partial charge in [0.05, 0.1) is 0 Å². The first-order valence-corrected chi connectivity index (χ1v) is 7.21. The minimum atomic E-state index is 0.771. The van der Waals surface area contributed by atoms with Crippen molar-refractivity contribution in [2.45, 2.75) is 71.0 Å². The number of nitrogens with zero attached hydrogens (tertiary/aromatic N) is 1. The van der Waals surface area contributed by atoms with Gasteiger partial charge in [-0.2, -0.15) is 0 Å². The van der Waals surface area contributed by atoms with Crippen LogP contribution in [0.1, 0.15) is 52.9 Å². The highest BCUT2D eigenvalue weighted by molar-refractivity contribution is 4.90. The molecule has 0 aromatic carbocycles. The maximum atomic E-state index is 3.61. The quantitative estimate of drug-likeness (QED) is 0.793. The van der Waals surface area contributed by atoms with Gasteiger partial charge in [0.15, 0.2) is 0 Å². The molecule has 1 N–H and O–H groups in total. The highest BCUT2D eigenvalue weighted by Crippen LogP contribution is 2.33. The van der Waals surface area contributed by atoms with Crippen molar-refractivity contribution in [2.24, 2.45) is 5.92 Å². The Labute approximate surface area is 101 Å². The van der Waals surface area contributed by atoms with E-state index in [0.717, 1.165) is 30.6 Å². The zero-order chi connectivity index (χ0) is 11.5. The third-order valence-electron chi connectivity index (χ3n) is 4.66. The lowest BCUT2D eigenvalue weighted by Crippen LogP contribution is -2.52. The smallest absolute Gasteiger partial charge is 0.0124 e. The van der Waals surface area contributed by atoms with Gasteiger partial charge in [0, 0.05) is 24.7 Å². The average molecular weight is 224 g/mol. The molecular formula is C14H28N2. The molecule has 2 aliphatic rings. The van der Waals surface area contributed by atoms with Gasteiger partial charge in [-0.25, -0.2) is 0 Å². The van der Waals surface area contributed by atoms with Gasteiger partial charge in [-0.3, -0.25) is 4.90 Å². The van der Waals surface area contributed by atoms with Crippen LogP contribution in [0, 0.1) is 5.92 Å². The number of rotatable bonds is 3. The summed E-state index contributed by atoms with van der Waals surface area (Å²) in [5.41, 5.74) is 0. The molecule has 1 aliphatic heterocycles. The fourth-order valence-electron chi connectivity index (χ4n) is 3.78. The van der Waals surface area contributed by atoms with Crippen molar-refractivity contribution in [3.8, 4) is 0 Å². The van der Waals surface area contributed by atoms with Gasteiger partial charge in [0.1, 0.15) is 0 Å². The Morgan fingerprint density at radius 2 is 2.00 bits per heavy atom. The van der Waals surface area contributed by atoms with Crippen molar-refractivity contribution in [3.63, 3.8) is 0 Å². The lowest BCUT2D eigenvalue weighted by Gasteiger charge is -2.43. The topological polar surface area (TPSA) is 15.3 Å². The van der Waals surface area contributed by atoms with E-state index >= 15 is 0 Å². The molecule has 4 unspecified atom stereocenters. The Morgan fingerprint density at radius 1 is 1.19 bits per heavy atom. The van der Waals surface area contributed by atoms with Crippen molar-refractivity contribution in [1.82, 2.24) is 10.2 Å². The molecule has 94 valence electrons. The normalized spacial score (nSPS) is 41.4. The molecule has 4 atom stereocenters. The fraction of sp³-hybridized carbons (Fsp3) is 1.00. The van der Waals surface area contributed by atoms with E-state index in [1.807, 2.05) is 0 Å². The zero-order valence-corrected chi connectivity index (χ0v) is 11.2. The zero-order valence-electron chi connectivity index (χ0n) is 11.2. The van der Waals surface area contributed by atoms with E-state index in [1.165, 1.54) is 38.6 Å².